The summed E-state index contributed by atoms with van der Waals surface area (Å²) in [5.41, 5.74) is 1.60. The largest absolute Gasteiger partial charge is 0.323 e. The molecule has 2 aromatic rings. The number of rotatable bonds is 10. The molecule has 2 rings (SSSR count). The Hall–Kier alpha value is -1.24. The maximum Gasteiger partial charge on any atom is 0.242 e. The fourth-order valence-corrected chi connectivity index (χ4v) is 3.73. The number of nitrogens with one attached hydrogen (secondary N) is 2. The fraction of sp³-hybridized carbons (Fsp3) is 0.444. The topological polar surface area (TPSA) is 54.0 Å². The number of unbranched alkanes of at least 4 members (excludes halogenated alkanes) is 1. The van der Waals surface area contributed by atoms with Crippen LogP contribution in [0.2, 0.25) is 0 Å². The number of aromatic nitrogens is 1. The van der Waals surface area contributed by atoms with Gasteiger partial charge in [-0.15, -0.1) is 0 Å². The number of anilines is 1. The van der Waals surface area contributed by atoms with Crippen LogP contribution in [0.5, 0.6) is 0 Å². The van der Waals surface area contributed by atoms with Gasteiger partial charge in [-0.25, -0.2) is 0 Å². The molecule has 0 aliphatic carbocycles. The van der Waals surface area contributed by atoms with E-state index in [1.165, 1.54) is 0 Å². The minimum atomic E-state index is -0.196. The van der Waals surface area contributed by atoms with E-state index < -0.39 is 0 Å². The number of para-hydroxylation sites is 1. The number of hydrogen-bond acceptors (Lipinski definition) is 5. The molecule has 130 valence electrons. The van der Waals surface area contributed by atoms with Gasteiger partial charge in [-0.2, -0.15) is 11.8 Å². The van der Waals surface area contributed by atoms with Gasteiger partial charge in [0, 0.05) is 17.3 Å². The maximum atomic E-state index is 12.7. The summed E-state index contributed by atoms with van der Waals surface area (Å²) < 4.78 is 3.33. The first-order valence-corrected chi connectivity index (χ1v) is 10.6. The van der Waals surface area contributed by atoms with Gasteiger partial charge < -0.3 is 5.32 Å². The molecule has 4 nitrogen and oxygen atoms in total. The predicted octanol–water partition coefficient (Wildman–Crippen LogP) is 4.33. The van der Waals surface area contributed by atoms with Gasteiger partial charge in [0.25, 0.3) is 0 Å². The Kier molecular flexibility index (Phi) is 8.42. The quantitative estimate of drug-likeness (QED) is 0.486. The lowest BCUT2D eigenvalue weighted by molar-refractivity contribution is -0.117. The normalized spacial score (nSPS) is 12.2. The van der Waals surface area contributed by atoms with E-state index in [0.29, 0.717) is 0 Å². The van der Waals surface area contributed by atoms with Crippen molar-refractivity contribution in [3.63, 3.8) is 0 Å². The Balaban J connectivity index is 2.04. The molecule has 0 aliphatic rings. The number of fused-ring (bicyclic) bond motifs is 1. The van der Waals surface area contributed by atoms with Gasteiger partial charge in [0.1, 0.15) is 0 Å². The zero-order valence-corrected chi connectivity index (χ0v) is 15.9. The minimum absolute atomic E-state index is 0.00574. The summed E-state index contributed by atoms with van der Waals surface area (Å²) in [5.74, 6) is 1.98. The van der Waals surface area contributed by atoms with E-state index >= 15 is 0 Å². The second kappa shape index (κ2) is 10.6. The van der Waals surface area contributed by atoms with Crippen molar-refractivity contribution in [2.45, 2.75) is 32.2 Å². The standard InChI is InChI=1S/C18H25N3OS2/c1-3-4-12-24-21-16(10-13-23-2)18(22)20-15-9-5-7-14-8-6-11-19-17(14)15/h5-9,11,16,21H,3-4,10,12-13H2,1-2H3,(H,20,22)/t16-/m0/s1. The zero-order valence-electron chi connectivity index (χ0n) is 14.2. The molecule has 2 N–H and O–H groups in total. The lowest BCUT2D eigenvalue weighted by Crippen LogP contribution is -2.37. The first-order chi connectivity index (χ1) is 11.8. The van der Waals surface area contributed by atoms with Gasteiger partial charge in [-0.1, -0.05) is 43.5 Å². The number of benzene rings is 1. The SMILES string of the molecule is CCCCSN[C@@H](CCSC)C(=O)Nc1cccc2cccnc12. The lowest BCUT2D eigenvalue weighted by Gasteiger charge is -2.18. The Morgan fingerprint density at radius 3 is 2.88 bits per heavy atom. The van der Waals surface area contributed by atoms with Crippen molar-refractivity contribution >= 4 is 46.2 Å². The van der Waals surface area contributed by atoms with Crippen LogP contribution in [-0.2, 0) is 4.79 Å². The highest BCUT2D eigenvalue weighted by atomic mass is 32.2. The van der Waals surface area contributed by atoms with Gasteiger partial charge >= 0.3 is 0 Å². The van der Waals surface area contributed by atoms with Gasteiger partial charge in [0.05, 0.1) is 17.2 Å². The van der Waals surface area contributed by atoms with E-state index in [1.807, 2.05) is 30.3 Å². The summed E-state index contributed by atoms with van der Waals surface area (Å²) in [5, 5.41) is 4.08. The third-order valence-corrected chi connectivity index (χ3v) is 5.23. The third kappa shape index (κ3) is 5.69. The van der Waals surface area contributed by atoms with E-state index in [-0.39, 0.29) is 11.9 Å². The number of carbonyl (C=O) groups is 1. The monoisotopic (exact) mass is 363 g/mol. The molecule has 0 saturated heterocycles. The molecule has 1 amide bonds. The Morgan fingerprint density at radius 1 is 1.25 bits per heavy atom. The molecular formula is C18H25N3OS2. The number of pyridine rings is 1. The Morgan fingerprint density at radius 2 is 2.08 bits per heavy atom. The highest BCUT2D eigenvalue weighted by Crippen LogP contribution is 2.21. The summed E-state index contributed by atoms with van der Waals surface area (Å²) in [6.45, 7) is 2.17. The van der Waals surface area contributed by atoms with Gasteiger partial charge in [0.15, 0.2) is 0 Å². The number of amides is 1. The van der Waals surface area contributed by atoms with Crippen LogP contribution in [0.3, 0.4) is 0 Å². The molecular weight excluding hydrogens is 338 g/mol. The summed E-state index contributed by atoms with van der Waals surface area (Å²) in [6.07, 6.45) is 6.94. The van der Waals surface area contributed by atoms with Crippen molar-refractivity contribution < 1.29 is 4.79 Å². The highest BCUT2D eigenvalue weighted by molar-refractivity contribution is 7.98. The maximum absolute atomic E-state index is 12.7. The van der Waals surface area contributed by atoms with Crippen LogP contribution < -0.4 is 10.0 Å². The molecule has 0 saturated carbocycles. The molecule has 0 aliphatic heterocycles. The van der Waals surface area contributed by atoms with Gasteiger partial charge in [-0.05, 0) is 37.0 Å². The second-order valence-corrected chi connectivity index (χ2v) is 7.44. The average Bonchev–Trinajstić information content (AvgIpc) is 2.61. The Bertz CT molecular complexity index is 646. The molecule has 0 unspecified atom stereocenters. The number of hydrogen-bond donors (Lipinski definition) is 2. The van der Waals surface area contributed by atoms with Gasteiger partial charge in [0.2, 0.25) is 5.91 Å². The minimum Gasteiger partial charge on any atom is -0.323 e. The molecule has 1 aromatic carbocycles. The summed E-state index contributed by atoms with van der Waals surface area (Å²) in [7, 11) is 0. The van der Waals surface area contributed by atoms with Crippen LogP contribution in [-0.4, -0.2) is 34.7 Å². The molecule has 1 atom stereocenters. The number of nitrogens with zero attached hydrogens (tertiary/aromatic N) is 1. The van der Waals surface area contributed by atoms with Crippen molar-refractivity contribution in [3.05, 3.63) is 36.5 Å². The molecule has 0 bridgehead atoms. The van der Waals surface area contributed by atoms with Crippen molar-refractivity contribution in [2.75, 3.05) is 23.1 Å². The van der Waals surface area contributed by atoms with Gasteiger partial charge in [-0.3, -0.25) is 14.5 Å². The van der Waals surface area contributed by atoms with Crippen molar-refractivity contribution in [2.24, 2.45) is 0 Å². The zero-order chi connectivity index (χ0) is 17.2. The molecule has 24 heavy (non-hydrogen) atoms. The van der Waals surface area contributed by atoms with E-state index in [0.717, 1.165) is 47.4 Å². The molecule has 0 fully saturated rings. The number of thioether (sulfide) groups is 1. The first-order valence-electron chi connectivity index (χ1n) is 8.27. The van der Waals surface area contributed by atoms with E-state index in [2.05, 4.69) is 28.2 Å². The molecule has 1 aromatic heterocycles. The van der Waals surface area contributed by atoms with Crippen molar-refractivity contribution in [3.8, 4) is 0 Å². The fourth-order valence-electron chi connectivity index (χ4n) is 2.28. The molecule has 6 heteroatoms. The van der Waals surface area contributed by atoms with Crippen LogP contribution in [0.1, 0.15) is 26.2 Å². The van der Waals surface area contributed by atoms with Crippen LogP contribution in [0.15, 0.2) is 36.5 Å². The molecule has 0 radical (unpaired) electrons. The van der Waals surface area contributed by atoms with Crippen LogP contribution in [0.4, 0.5) is 5.69 Å². The van der Waals surface area contributed by atoms with E-state index in [9.17, 15) is 4.79 Å². The van der Waals surface area contributed by atoms with E-state index in [1.54, 1.807) is 29.9 Å². The van der Waals surface area contributed by atoms with Crippen molar-refractivity contribution in [1.29, 1.82) is 0 Å². The molecule has 0 spiro atoms. The molecule has 1 heterocycles. The number of carbonyl (C=O) groups excluding carboxylic acids is 1. The third-order valence-electron chi connectivity index (χ3n) is 3.64. The summed E-state index contributed by atoms with van der Waals surface area (Å²) in [4.78, 5) is 17.1. The Labute approximate surface area is 152 Å². The average molecular weight is 364 g/mol. The smallest absolute Gasteiger partial charge is 0.242 e. The van der Waals surface area contributed by atoms with E-state index in [4.69, 9.17) is 0 Å². The first kappa shape index (κ1) is 19.1. The summed E-state index contributed by atoms with van der Waals surface area (Å²) in [6, 6.07) is 9.56. The van der Waals surface area contributed by atoms with Crippen LogP contribution >= 0.6 is 23.7 Å². The lowest BCUT2D eigenvalue weighted by atomic mass is 10.1. The van der Waals surface area contributed by atoms with Crippen molar-refractivity contribution in [1.82, 2.24) is 9.71 Å². The second-order valence-electron chi connectivity index (χ2n) is 5.52. The predicted molar refractivity (Wildman–Crippen MR) is 108 cm³/mol. The summed E-state index contributed by atoms with van der Waals surface area (Å²) >= 11 is 3.40. The van der Waals surface area contributed by atoms with Crippen LogP contribution in [0.25, 0.3) is 10.9 Å². The highest BCUT2D eigenvalue weighted by Gasteiger charge is 2.18. The van der Waals surface area contributed by atoms with Crippen LogP contribution in [0, 0.1) is 0 Å².